The highest BCUT2D eigenvalue weighted by atomic mass is 16.5. The molecule has 0 aliphatic carbocycles. The predicted molar refractivity (Wildman–Crippen MR) is 77.5 cm³/mol. The Hall–Kier alpha value is -1.84. The van der Waals surface area contributed by atoms with Crippen LogP contribution in [0.5, 0.6) is 5.75 Å². The maximum atomic E-state index is 11.3. The zero-order valence-corrected chi connectivity index (χ0v) is 11.7. The number of nitrogens with one attached hydrogen (secondary N) is 1. The zero-order chi connectivity index (χ0) is 13.9. The molecular formula is C15H22N2O2. The molecule has 1 aromatic rings. The average molecular weight is 262 g/mol. The number of benzene rings is 1. The molecule has 0 bridgehead atoms. The highest BCUT2D eigenvalue weighted by molar-refractivity contribution is 5.82. The molecule has 1 rings (SSSR count). The summed E-state index contributed by atoms with van der Waals surface area (Å²) in [6.45, 7) is 4.85. The van der Waals surface area contributed by atoms with Gasteiger partial charge in [-0.3, -0.25) is 4.79 Å². The van der Waals surface area contributed by atoms with Crippen molar-refractivity contribution in [2.45, 2.75) is 39.5 Å². The Morgan fingerprint density at radius 1 is 1.26 bits per heavy atom. The van der Waals surface area contributed by atoms with Crippen molar-refractivity contribution in [1.29, 1.82) is 0 Å². The van der Waals surface area contributed by atoms with E-state index in [9.17, 15) is 4.79 Å². The number of ether oxygens (including phenoxy) is 1. The quantitative estimate of drug-likeness (QED) is 0.578. The van der Waals surface area contributed by atoms with Crippen LogP contribution in [-0.2, 0) is 4.79 Å². The molecule has 0 radical (unpaired) electrons. The molecule has 104 valence electrons. The van der Waals surface area contributed by atoms with Crippen molar-refractivity contribution in [3.8, 4) is 5.75 Å². The van der Waals surface area contributed by atoms with E-state index in [1.165, 1.54) is 0 Å². The van der Waals surface area contributed by atoms with Crippen LogP contribution in [0.15, 0.2) is 29.4 Å². The first-order valence-corrected chi connectivity index (χ1v) is 6.81. The molecule has 0 aliphatic rings. The van der Waals surface area contributed by atoms with Crippen molar-refractivity contribution < 1.29 is 9.53 Å². The number of nitrogens with zero attached hydrogens (tertiary/aromatic N) is 1. The molecule has 1 N–H and O–H groups in total. The smallest absolute Gasteiger partial charge is 0.240 e. The third-order valence-corrected chi connectivity index (χ3v) is 2.51. The topological polar surface area (TPSA) is 50.7 Å². The standard InChI is InChI=1S/C15H22N2O2/c1-3-5-6-15(18)17-16-12-13-7-9-14(10-8-13)19-11-4-2/h7-10,12H,3-6,11H2,1-2H3,(H,17,18). The number of carbonyl (C=O) groups is 1. The number of rotatable bonds is 8. The van der Waals surface area contributed by atoms with E-state index in [1.807, 2.05) is 24.3 Å². The summed E-state index contributed by atoms with van der Waals surface area (Å²) in [6.07, 6.45) is 5.05. The molecule has 0 aliphatic heterocycles. The summed E-state index contributed by atoms with van der Waals surface area (Å²) in [5.74, 6) is 0.812. The highest BCUT2D eigenvalue weighted by Gasteiger charge is 1.97. The lowest BCUT2D eigenvalue weighted by atomic mass is 10.2. The van der Waals surface area contributed by atoms with Gasteiger partial charge in [0.1, 0.15) is 5.75 Å². The summed E-state index contributed by atoms with van der Waals surface area (Å²) in [4.78, 5) is 11.3. The van der Waals surface area contributed by atoms with Crippen molar-refractivity contribution in [2.24, 2.45) is 5.10 Å². The highest BCUT2D eigenvalue weighted by Crippen LogP contribution is 2.11. The largest absolute Gasteiger partial charge is 0.494 e. The van der Waals surface area contributed by atoms with Crippen LogP contribution < -0.4 is 10.2 Å². The molecule has 4 nitrogen and oxygen atoms in total. The third kappa shape index (κ3) is 6.60. The second kappa shape index (κ2) is 9.14. The van der Waals surface area contributed by atoms with Gasteiger partial charge < -0.3 is 4.74 Å². The van der Waals surface area contributed by atoms with Crippen LogP contribution in [0.3, 0.4) is 0 Å². The van der Waals surface area contributed by atoms with Crippen LogP contribution in [0.25, 0.3) is 0 Å². The molecule has 0 saturated heterocycles. The number of carbonyl (C=O) groups excluding carboxylic acids is 1. The first kappa shape index (κ1) is 15.2. The Morgan fingerprint density at radius 2 is 2.00 bits per heavy atom. The van der Waals surface area contributed by atoms with Gasteiger partial charge in [-0.25, -0.2) is 5.43 Å². The number of unbranched alkanes of at least 4 members (excludes halogenated alkanes) is 1. The number of hydrogen-bond acceptors (Lipinski definition) is 3. The van der Waals surface area contributed by atoms with Crippen LogP contribution in [0.2, 0.25) is 0 Å². The van der Waals surface area contributed by atoms with E-state index in [0.29, 0.717) is 6.42 Å². The fourth-order valence-corrected chi connectivity index (χ4v) is 1.44. The number of hydrazone groups is 1. The van der Waals surface area contributed by atoms with Crippen molar-refractivity contribution in [1.82, 2.24) is 5.43 Å². The summed E-state index contributed by atoms with van der Waals surface area (Å²) < 4.78 is 5.48. The summed E-state index contributed by atoms with van der Waals surface area (Å²) in [5, 5.41) is 3.92. The van der Waals surface area contributed by atoms with Gasteiger partial charge in [0.05, 0.1) is 12.8 Å². The molecule has 0 atom stereocenters. The van der Waals surface area contributed by atoms with Crippen LogP contribution >= 0.6 is 0 Å². The number of amides is 1. The first-order chi connectivity index (χ1) is 9.26. The minimum atomic E-state index is -0.0407. The fourth-order valence-electron chi connectivity index (χ4n) is 1.44. The second-order valence-corrected chi connectivity index (χ2v) is 4.31. The van der Waals surface area contributed by atoms with Crippen LogP contribution in [0, 0.1) is 0 Å². The average Bonchev–Trinajstić information content (AvgIpc) is 2.44. The molecule has 0 saturated carbocycles. The molecule has 19 heavy (non-hydrogen) atoms. The van der Waals surface area contributed by atoms with Crippen molar-refractivity contribution in [3.05, 3.63) is 29.8 Å². The minimum Gasteiger partial charge on any atom is -0.494 e. The van der Waals surface area contributed by atoms with Gasteiger partial charge in [-0.1, -0.05) is 20.3 Å². The summed E-state index contributed by atoms with van der Waals surface area (Å²) in [7, 11) is 0. The SMILES string of the molecule is CCCCC(=O)NN=Cc1ccc(OCCC)cc1. The maximum Gasteiger partial charge on any atom is 0.240 e. The Labute approximate surface area is 114 Å². The third-order valence-electron chi connectivity index (χ3n) is 2.51. The summed E-state index contributed by atoms with van der Waals surface area (Å²) in [5.41, 5.74) is 3.44. The van der Waals surface area contributed by atoms with Gasteiger partial charge in [0.2, 0.25) is 5.91 Å². The zero-order valence-electron chi connectivity index (χ0n) is 11.7. The Morgan fingerprint density at radius 3 is 2.63 bits per heavy atom. The predicted octanol–water partition coefficient (Wildman–Crippen LogP) is 3.12. The van der Waals surface area contributed by atoms with E-state index < -0.39 is 0 Å². The van der Waals surface area contributed by atoms with Gasteiger partial charge in [0, 0.05) is 6.42 Å². The van der Waals surface area contributed by atoms with Gasteiger partial charge in [0.25, 0.3) is 0 Å². The van der Waals surface area contributed by atoms with Gasteiger partial charge >= 0.3 is 0 Å². The molecular weight excluding hydrogens is 240 g/mol. The molecule has 0 spiro atoms. The fraction of sp³-hybridized carbons (Fsp3) is 0.467. The summed E-state index contributed by atoms with van der Waals surface area (Å²) >= 11 is 0. The Balaban J connectivity index is 2.37. The van der Waals surface area contributed by atoms with Gasteiger partial charge in [-0.2, -0.15) is 5.10 Å². The molecule has 1 amide bonds. The van der Waals surface area contributed by atoms with Crippen molar-refractivity contribution >= 4 is 12.1 Å². The van der Waals surface area contributed by atoms with Crippen LogP contribution in [-0.4, -0.2) is 18.7 Å². The summed E-state index contributed by atoms with van der Waals surface area (Å²) in [6, 6.07) is 7.62. The van der Waals surface area contributed by atoms with E-state index in [-0.39, 0.29) is 5.91 Å². The van der Waals surface area contributed by atoms with Crippen LogP contribution in [0.1, 0.15) is 45.1 Å². The Bertz CT molecular complexity index is 399. The molecule has 1 aromatic carbocycles. The molecule has 0 heterocycles. The van der Waals surface area contributed by atoms with Gasteiger partial charge in [0.15, 0.2) is 0 Å². The lowest BCUT2D eigenvalue weighted by molar-refractivity contribution is -0.121. The molecule has 0 unspecified atom stereocenters. The minimum absolute atomic E-state index is 0.0407. The van der Waals surface area contributed by atoms with Crippen molar-refractivity contribution in [3.63, 3.8) is 0 Å². The maximum absolute atomic E-state index is 11.3. The van der Waals surface area contributed by atoms with E-state index in [2.05, 4.69) is 24.4 Å². The van der Waals surface area contributed by atoms with E-state index in [1.54, 1.807) is 6.21 Å². The van der Waals surface area contributed by atoms with E-state index in [0.717, 1.165) is 37.2 Å². The second-order valence-electron chi connectivity index (χ2n) is 4.31. The molecule has 4 heteroatoms. The Kier molecular flexibility index (Phi) is 7.32. The van der Waals surface area contributed by atoms with Crippen molar-refractivity contribution in [2.75, 3.05) is 6.61 Å². The molecule has 0 aromatic heterocycles. The molecule has 0 fully saturated rings. The normalized spacial score (nSPS) is 10.6. The monoisotopic (exact) mass is 262 g/mol. The van der Waals surface area contributed by atoms with Gasteiger partial charge in [-0.05, 0) is 42.7 Å². The van der Waals surface area contributed by atoms with E-state index >= 15 is 0 Å². The lowest BCUT2D eigenvalue weighted by Crippen LogP contribution is -2.16. The van der Waals surface area contributed by atoms with E-state index in [4.69, 9.17) is 4.74 Å². The van der Waals surface area contributed by atoms with Gasteiger partial charge in [-0.15, -0.1) is 0 Å². The van der Waals surface area contributed by atoms with Crippen LogP contribution in [0.4, 0.5) is 0 Å². The first-order valence-electron chi connectivity index (χ1n) is 6.81. The lowest BCUT2D eigenvalue weighted by Gasteiger charge is -2.03. The number of hydrogen-bond donors (Lipinski definition) is 1.